The van der Waals surface area contributed by atoms with Crippen LogP contribution in [0, 0.1) is 0 Å². The van der Waals surface area contributed by atoms with Crippen LogP contribution in [0.1, 0.15) is 26.2 Å². The molecule has 0 aromatic carbocycles. The highest BCUT2D eigenvalue weighted by Gasteiger charge is 2.52. The number of carboxylic acids is 1. The number of ether oxygens (including phenoxy) is 1. The number of carbonyl (C=O) groups excluding carboxylic acids is 2. The number of nitrogens with zero attached hydrogens (tertiary/aromatic N) is 1. The van der Waals surface area contributed by atoms with Gasteiger partial charge in [-0.05, 0) is 13.3 Å². The lowest BCUT2D eigenvalue weighted by Gasteiger charge is -2.30. The number of rotatable bonds is 6. The first-order valence-corrected chi connectivity index (χ1v) is 7.84. The SMILES string of the molecule is COC(CNC(=O)C1CSC2(C)CCC(=O)N12)CC(=O)O. The van der Waals surface area contributed by atoms with Crippen molar-refractivity contribution in [2.45, 2.75) is 43.2 Å². The van der Waals surface area contributed by atoms with Gasteiger partial charge in [0.2, 0.25) is 11.8 Å². The third-order valence-electron chi connectivity index (χ3n) is 3.99. The Bertz CT molecular complexity index is 458. The van der Waals surface area contributed by atoms with Crippen molar-refractivity contribution in [3.05, 3.63) is 0 Å². The average Bonchev–Trinajstić information content (AvgIpc) is 2.91. The number of carboxylic acid groups (broad SMARTS) is 1. The van der Waals surface area contributed by atoms with Crippen molar-refractivity contribution < 1.29 is 24.2 Å². The zero-order valence-electron chi connectivity index (χ0n) is 12.1. The van der Waals surface area contributed by atoms with Crippen molar-refractivity contribution in [3.8, 4) is 0 Å². The normalized spacial score (nSPS) is 29.3. The molecule has 21 heavy (non-hydrogen) atoms. The Morgan fingerprint density at radius 2 is 2.33 bits per heavy atom. The number of fused-ring (bicyclic) bond motifs is 1. The number of thioether (sulfide) groups is 1. The summed E-state index contributed by atoms with van der Waals surface area (Å²) in [7, 11) is 1.41. The zero-order valence-corrected chi connectivity index (χ0v) is 12.9. The van der Waals surface area contributed by atoms with Gasteiger partial charge >= 0.3 is 5.97 Å². The summed E-state index contributed by atoms with van der Waals surface area (Å²) in [4.78, 5) is 36.3. The molecule has 2 aliphatic rings. The summed E-state index contributed by atoms with van der Waals surface area (Å²) >= 11 is 1.63. The van der Waals surface area contributed by atoms with Crippen LogP contribution >= 0.6 is 11.8 Å². The maximum absolute atomic E-state index is 12.3. The molecule has 2 N–H and O–H groups in total. The largest absolute Gasteiger partial charge is 0.481 e. The van der Waals surface area contributed by atoms with Crippen LogP contribution in [0.5, 0.6) is 0 Å². The number of hydrogen-bond acceptors (Lipinski definition) is 5. The van der Waals surface area contributed by atoms with Gasteiger partial charge in [-0.15, -0.1) is 11.8 Å². The summed E-state index contributed by atoms with van der Waals surface area (Å²) < 4.78 is 5.02. The van der Waals surface area contributed by atoms with Crippen LogP contribution in [-0.4, -0.2) is 64.2 Å². The molecule has 0 aromatic rings. The number of methoxy groups -OCH3 is 1. The number of carbonyl (C=O) groups is 3. The molecule has 7 nitrogen and oxygen atoms in total. The van der Waals surface area contributed by atoms with Crippen LogP contribution in [0.15, 0.2) is 0 Å². The van der Waals surface area contributed by atoms with E-state index in [1.165, 1.54) is 7.11 Å². The Morgan fingerprint density at radius 1 is 1.62 bits per heavy atom. The first-order valence-electron chi connectivity index (χ1n) is 6.86. The minimum absolute atomic E-state index is 0.0106. The van der Waals surface area contributed by atoms with Gasteiger partial charge in [-0.2, -0.15) is 0 Å². The monoisotopic (exact) mass is 316 g/mol. The predicted octanol–water partition coefficient (Wildman–Crippen LogP) is 0.0463. The van der Waals surface area contributed by atoms with Crippen LogP contribution in [0.4, 0.5) is 0 Å². The van der Waals surface area contributed by atoms with Crippen molar-refractivity contribution in [2.75, 3.05) is 19.4 Å². The van der Waals surface area contributed by atoms with E-state index < -0.39 is 18.1 Å². The molecular formula is C13H20N2O5S. The lowest BCUT2D eigenvalue weighted by atomic mass is 10.2. The van der Waals surface area contributed by atoms with Gasteiger partial charge in [-0.25, -0.2) is 0 Å². The first kappa shape index (κ1) is 16.1. The van der Waals surface area contributed by atoms with Gasteiger partial charge in [-0.3, -0.25) is 14.4 Å². The summed E-state index contributed by atoms with van der Waals surface area (Å²) in [5.74, 6) is -0.634. The van der Waals surface area contributed by atoms with E-state index >= 15 is 0 Å². The maximum Gasteiger partial charge on any atom is 0.306 e. The fourth-order valence-electron chi connectivity index (χ4n) is 2.78. The Labute approximate surface area is 127 Å². The van der Waals surface area contributed by atoms with Crippen molar-refractivity contribution in [1.29, 1.82) is 0 Å². The second kappa shape index (κ2) is 6.23. The Kier molecular flexibility index (Phi) is 4.77. The van der Waals surface area contributed by atoms with Crippen LogP contribution in [0.2, 0.25) is 0 Å². The summed E-state index contributed by atoms with van der Waals surface area (Å²) in [5, 5.41) is 11.4. The van der Waals surface area contributed by atoms with Crippen LogP contribution < -0.4 is 5.32 Å². The highest BCUT2D eigenvalue weighted by Crippen LogP contribution is 2.47. The summed E-state index contributed by atoms with van der Waals surface area (Å²) in [5.41, 5.74) is 0. The Morgan fingerprint density at radius 3 is 2.95 bits per heavy atom. The van der Waals surface area contributed by atoms with Gasteiger partial charge in [0.1, 0.15) is 6.04 Å². The molecule has 2 saturated heterocycles. The standard InChI is InChI=1S/C13H20N2O5S/c1-13-4-3-10(16)15(13)9(7-21-13)12(19)14-6-8(20-2)5-11(17)18/h8-9H,3-7H2,1-2H3,(H,14,19)(H,17,18). The van der Waals surface area contributed by atoms with Gasteiger partial charge in [-0.1, -0.05) is 0 Å². The van der Waals surface area contributed by atoms with Gasteiger partial charge in [0, 0.05) is 25.8 Å². The van der Waals surface area contributed by atoms with Crippen LogP contribution in [0.25, 0.3) is 0 Å². The molecule has 8 heteroatoms. The molecule has 3 atom stereocenters. The molecule has 2 amide bonds. The van der Waals surface area contributed by atoms with Crippen molar-refractivity contribution in [1.82, 2.24) is 10.2 Å². The van der Waals surface area contributed by atoms with Gasteiger partial charge in [0.05, 0.1) is 17.4 Å². The lowest BCUT2D eigenvalue weighted by molar-refractivity contribution is -0.140. The topological polar surface area (TPSA) is 95.9 Å². The molecule has 118 valence electrons. The molecular weight excluding hydrogens is 296 g/mol. The molecule has 0 aromatic heterocycles. The van der Waals surface area contributed by atoms with E-state index in [9.17, 15) is 14.4 Å². The quantitative estimate of drug-likeness (QED) is 0.719. The highest BCUT2D eigenvalue weighted by molar-refractivity contribution is 8.01. The fraction of sp³-hybridized carbons (Fsp3) is 0.769. The van der Waals surface area contributed by atoms with Crippen LogP contribution in [-0.2, 0) is 19.1 Å². The number of amides is 2. The molecule has 0 spiro atoms. The number of nitrogens with one attached hydrogen (secondary N) is 1. The second-order valence-corrected chi connectivity index (χ2v) is 6.97. The summed E-state index contributed by atoms with van der Waals surface area (Å²) in [6.07, 6.45) is 0.505. The molecule has 2 rings (SSSR count). The number of hydrogen-bond donors (Lipinski definition) is 2. The smallest absolute Gasteiger partial charge is 0.306 e. The average molecular weight is 316 g/mol. The maximum atomic E-state index is 12.3. The van der Waals surface area contributed by atoms with Gasteiger partial charge in [0.25, 0.3) is 0 Å². The van der Waals surface area contributed by atoms with E-state index in [1.807, 2.05) is 6.92 Å². The van der Waals surface area contributed by atoms with E-state index in [2.05, 4.69) is 5.32 Å². The molecule has 2 fully saturated rings. The van der Waals surface area contributed by atoms with Crippen molar-refractivity contribution in [3.63, 3.8) is 0 Å². The highest BCUT2D eigenvalue weighted by atomic mass is 32.2. The molecule has 2 heterocycles. The van der Waals surface area contributed by atoms with Gasteiger partial charge < -0.3 is 20.1 Å². The van der Waals surface area contributed by atoms with Crippen molar-refractivity contribution >= 4 is 29.5 Å². The second-order valence-electron chi connectivity index (χ2n) is 5.47. The number of aliphatic carboxylic acids is 1. The van der Waals surface area contributed by atoms with E-state index in [-0.39, 0.29) is 29.7 Å². The third kappa shape index (κ3) is 3.32. The molecule has 0 bridgehead atoms. The van der Waals surface area contributed by atoms with E-state index in [0.29, 0.717) is 12.2 Å². The molecule has 2 aliphatic heterocycles. The summed E-state index contributed by atoms with van der Waals surface area (Å²) in [6.45, 7) is 2.11. The Hall–Kier alpha value is -1.28. The minimum atomic E-state index is -0.977. The molecule has 3 unspecified atom stereocenters. The first-order chi connectivity index (χ1) is 9.87. The van der Waals surface area contributed by atoms with E-state index in [0.717, 1.165) is 6.42 Å². The fourth-order valence-corrected chi connectivity index (χ4v) is 4.21. The van der Waals surface area contributed by atoms with Crippen molar-refractivity contribution in [2.24, 2.45) is 0 Å². The van der Waals surface area contributed by atoms with E-state index in [1.54, 1.807) is 16.7 Å². The zero-order chi connectivity index (χ0) is 15.6. The molecule has 0 aliphatic carbocycles. The predicted molar refractivity (Wildman–Crippen MR) is 76.8 cm³/mol. The summed E-state index contributed by atoms with van der Waals surface area (Å²) in [6, 6.07) is -0.475. The van der Waals surface area contributed by atoms with E-state index in [4.69, 9.17) is 9.84 Å². The minimum Gasteiger partial charge on any atom is -0.481 e. The molecule has 0 radical (unpaired) electrons. The van der Waals surface area contributed by atoms with Crippen LogP contribution in [0.3, 0.4) is 0 Å². The van der Waals surface area contributed by atoms with Gasteiger partial charge in [0.15, 0.2) is 0 Å². The Balaban J connectivity index is 1.92. The lowest BCUT2D eigenvalue weighted by Crippen LogP contribution is -2.51. The molecule has 0 saturated carbocycles. The third-order valence-corrected chi connectivity index (χ3v) is 5.49.